The number of benzene rings is 1. The van der Waals surface area contributed by atoms with E-state index in [-0.39, 0.29) is 11.6 Å². The van der Waals surface area contributed by atoms with E-state index in [9.17, 15) is 13.2 Å². The lowest BCUT2D eigenvalue weighted by Crippen LogP contribution is -2.26. The van der Waals surface area contributed by atoms with Crippen molar-refractivity contribution in [2.45, 2.75) is 23.8 Å². The minimum absolute atomic E-state index is 0.0325. The van der Waals surface area contributed by atoms with Gasteiger partial charge in [-0.1, -0.05) is 0 Å². The van der Waals surface area contributed by atoms with Crippen LogP contribution in [0, 0.1) is 0 Å². The molecule has 0 bridgehead atoms. The summed E-state index contributed by atoms with van der Waals surface area (Å²) in [5.41, 5.74) is 1.49. The molecule has 0 amide bonds. The third-order valence-electron chi connectivity index (χ3n) is 4.54. The summed E-state index contributed by atoms with van der Waals surface area (Å²) < 4.78 is 24.8. The van der Waals surface area contributed by atoms with E-state index in [1.165, 1.54) is 17.6 Å². The molecule has 0 radical (unpaired) electrons. The molecule has 3 aromatic rings. The highest BCUT2D eigenvalue weighted by molar-refractivity contribution is 9.11. The largest absolute Gasteiger partial charge is 0.361 e. The average Bonchev–Trinajstić information content (AvgIpc) is 3.20. The van der Waals surface area contributed by atoms with Crippen LogP contribution < -0.4 is 10.5 Å². The first-order valence-electron chi connectivity index (χ1n) is 8.09. The van der Waals surface area contributed by atoms with Crippen LogP contribution in [0.1, 0.15) is 24.7 Å². The molecule has 1 saturated heterocycles. The monoisotopic (exact) mass is 453 g/mol. The molecule has 0 aliphatic carbocycles. The van der Waals surface area contributed by atoms with Crippen LogP contribution >= 0.6 is 27.3 Å². The normalized spacial score (nSPS) is 17.9. The van der Waals surface area contributed by atoms with Crippen molar-refractivity contribution in [1.82, 2.24) is 9.97 Å². The van der Waals surface area contributed by atoms with Crippen LogP contribution in [0.5, 0.6) is 0 Å². The van der Waals surface area contributed by atoms with Crippen molar-refractivity contribution in [2.24, 2.45) is 0 Å². The van der Waals surface area contributed by atoms with E-state index in [4.69, 9.17) is 0 Å². The van der Waals surface area contributed by atoms with Crippen LogP contribution in [-0.4, -0.2) is 31.2 Å². The smallest absolute Gasteiger partial charge is 0.268 e. The molecule has 4 rings (SSSR count). The van der Waals surface area contributed by atoms with Gasteiger partial charge >= 0.3 is 0 Å². The molecule has 1 aromatic carbocycles. The summed E-state index contributed by atoms with van der Waals surface area (Å²) in [6, 6.07) is 8.69. The fourth-order valence-corrected chi connectivity index (χ4v) is 5.38. The van der Waals surface area contributed by atoms with Crippen molar-refractivity contribution in [2.75, 3.05) is 17.7 Å². The van der Waals surface area contributed by atoms with E-state index in [1.807, 2.05) is 18.2 Å². The Bertz CT molecular complexity index is 1140. The summed E-state index contributed by atoms with van der Waals surface area (Å²) in [6.45, 7) is 0.831. The minimum atomic E-state index is -3.22. The number of aromatic nitrogens is 2. The number of aromatic amines is 1. The second kappa shape index (κ2) is 6.47. The number of fused-ring (bicyclic) bond motifs is 1. The van der Waals surface area contributed by atoms with Gasteiger partial charge in [0.05, 0.1) is 20.2 Å². The maximum Gasteiger partial charge on any atom is 0.268 e. The highest BCUT2D eigenvalue weighted by Gasteiger charge is 2.29. The zero-order valence-corrected chi connectivity index (χ0v) is 17.1. The van der Waals surface area contributed by atoms with Crippen LogP contribution in [0.3, 0.4) is 0 Å². The zero-order chi connectivity index (χ0) is 18.5. The molecule has 1 aliphatic rings. The summed E-state index contributed by atoms with van der Waals surface area (Å²) in [5, 5.41) is 0. The Labute approximate surface area is 162 Å². The number of nitrogens with zero attached hydrogens (tertiary/aromatic N) is 2. The average molecular weight is 454 g/mol. The summed E-state index contributed by atoms with van der Waals surface area (Å²) in [5.74, 6) is 0.650. The minimum Gasteiger partial charge on any atom is -0.361 e. The van der Waals surface area contributed by atoms with Gasteiger partial charge in [0.15, 0.2) is 9.84 Å². The molecule has 136 valence electrons. The molecule has 1 unspecified atom stereocenters. The van der Waals surface area contributed by atoms with Crippen molar-refractivity contribution in [1.29, 1.82) is 0 Å². The quantitative estimate of drug-likeness (QED) is 0.655. The Hall–Kier alpha value is -1.71. The summed E-state index contributed by atoms with van der Waals surface area (Å²) >= 11 is 4.78. The van der Waals surface area contributed by atoms with Gasteiger partial charge < -0.3 is 9.88 Å². The first-order chi connectivity index (χ1) is 12.3. The number of H-pyrrole nitrogens is 1. The number of anilines is 1. The number of halogens is 1. The SMILES string of the molecule is CS(=O)(=O)c1ccc(N2CCCC2c2nc3cc(Br)sc3c(=O)[nH]2)cc1. The molecule has 9 heteroatoms. The van der Waals surface area contributed by atoms with Crippen LogP contribution in [-0.2, 0) is 9.84 Å². The summed E-state index contributed by atoms with van der Waals surface area (Å²) in [4.78, 5) is 22.4. The third-order valence-corrected chi connectivity index (χ3v) is 7.29. The Balaban J connectivity index is 1.72. The van der Waals surface area contributed by atoms with E-state index in [0.717, 1.165) is 28.9 Å². The Morgan fingerprint density at radius 1 is 1.31 bits per heavy atom. The van der Waals surface area contributed by atoms with Gasteiger partial charge in [-0.25, -0.2) is 13.4 Å². The van der Waals surface area contributed by atoms with Gasteiger partial charge in [0.25, 0.3) is 5.56 Å². The number of hydrogen-bond acceptors (Lipinski definition) is 6. The van der Waals surface area contributed by atoms with Crippen LogP contribution in [0.25, 0.3) is 10.2 Å². The van der Waals surface area contributed by atoms with Gasteiger partial charge in [-0.2, -0.15) is 0 Å². The molecule has 0 spiro atoms. The van der Waals surface area contributed by atoms with Crippen molar-refractivity contribution in [3.05, 3.63) is 50.3 Å². The number of thiophene rings is 1. The third kappa shape index (κ3) is 3.19. The summed E-state index contributed by atoms with van der Waals surface area (Å²) in [7, 11) is -3.22. The molecule has 1 N–H and O–H groups in total. The fraction of sp³-hybridized carbons (Fsp3) is 0.294. The van der Waals surface area contributed by atoms with Crippen LogP contribution in [0.2, 0.25) is 0 Å². The van der Waals surface area contributed by atoms with Gasteiger partial charge in [0.1, 0.15) is 10.5 Å². The van der Waals surface area contributed by atoms with Crippen molar-refractivity contribution in [3.63, 3.8) is 0 Å². The van der Waals surface area contributed by atoms with Gasteiger partial charge in [0.2, 0.25) is 0 Å². The van der Waals surface area contributed by atoms with Crippen molar-refractivity contribution < 1.29 is 8.42 Å². The first-order valence-corrected chi connectivity index (χ1v) is 11.6. The number of rotatable bonds is 3. The van der Waals surface area contributed by atoms with Gasteiger partial charge in [-0.15, -0.1) is 11.3 Å². The second-order valence-corrected chi connectivity index (χ2v) is 10.8. The highest BCUT2D eigenvalue weighted by atomic mass is 79.9. The van der Waals surface area contributed by atoms with Gasteiger partial charge in [-0.3, -0.25) is 4.79 Å². The Kier molecular flexibility index (Phi) is 4.40. The standard InChI is InChI=1S/C17H16BrN3O3S2/c1-26(23,24)11-6-4-10(5-7-11)21-8-2-3-13(21)16-19-12-9-14(18)25-15(12)17(22)20-16/h4-7,9,13H,2-3,8H2,1H3,(H,19,20,22). The summed E-state index contributed by atoms with van der Waals surface area (Å²) in [6.07, 6.45) is 3.06. The van der Waals surface area contributed by atoms with Gasteiger partial charge in [0, 0.05) is 18.5 Å². The molecule has 1 fully saturated rings. The lowest BCUT2D eigenvalue weighted by Gasteiger charge is -2.26. The first kappa shape index (κ1) is 17.7. The van der Waals surface area contributed by atoms with Crippen LogP contribution in [0.15, 0.2) is 43.8 Å². The molecule has 0 saturated carbocycles. The highest BCUT2D eigenvalue weighted by Crippen LogP contribution is 2.35. The van der Waals surface area contributed by atoms with Crippen molar-refractivity contribution >= 4 is 53.0 Å². The van der Waals surface area contributed by atoms with E-state index < -0.39 is 9.84 Å². The topological polar surface area (TPSA) is 83.1 Å². The maximum atomic E-state index is 12.4. The lowest BCUT2D eigenvalue weighted by molar-refractivity contribution is 0.602. The van der Waals surface area contributed by atoms with Crippen molar-refractivity contribution in [3.8, 4) is 0 Å². The Morgan fingerprint density at radius 3 is 2.73 bits per heavy atom. The molecule has 3 heterocycles. The molecule has 2 aromatic heterocycles. The van der Waals surface area contributed by atoms with E-state index >= 15 is 0 Å². The number of sulfone groups is 1. The predicted octanol–water partition coefficient (Wildman–Crippen LogP) is 3.49. The molecule has 1 aliphatic heterocycles. The van der Waals surface area contributed by atoms with Crippen LogP contribution in [0.4, 0.5) is 5.69 Å². The number of nitrogens with one attached hydrogen (secondary N) is 1. The maximum absolute atomic E-state index is 12.4. The van der Waals surface area contributed by atoms with E-state index in [0.29, 0.717) is 20.9 Å². The van der Waals surface area contributed by atoms with E-state index in [1.54, 1.807) is 12.1 Å². The lowest BCUT2D eigenvalue weighted by atomic mass is 10.2. The Morgan fingerprint density at radius 2 is 2.04 bits per heavy atom. The molecule has 1 atom stereocenters. The molecule has 6 nitrogen and oxygen atoms in total. The van der Waals surface area contributed by atoms with E-state index in [2.05, 4.69) is 30.8 Å². The number of hydrogen-bond donors (Lipinski definition) is 1. The fourth-order valence-electron chi connectivity index (χ4n) is 3.33. The molecular weight excluding hydrogens is 438 g/mol. The predicted molar refractivity (Wildman–Crippen MR) is 107 cm³/mol. The second-order valence-electron chi connectivity index (χ2n) is 6.33. The zero-order valence-electron chi connectivity index (χ0n) is 13.9. The molecular formula is C17H16BrN3O3S2. The van der Waals surface area contributed by atoms with Gasteiger partial charge in [-0.05, 0) is 59.1 Å². The molecule has 26 heavy (non-hydrogen) atoms.